The lowest BCUT2D eigenvalue weighted by atomic mass is 10.1. The molecule has 0 radical (unpaired) electrons. The van der Waals surface area contributed by atoms with E-state index in [0.717, 1.165) is 27.7 Å². The first-order valence-electron chi connectivity index (χ1n) is 8.80. The van der Waals surface area contributed by atoms with Gasteiger partial charge in [0.1, 0.15) is 0 Å². The van der Waals surface area contributed by atoms with E-state index >= 15 is 0 Å². The number of hydrogen-bond donors (Lipinski definition) is 1. The molecular formula is C20H19N5O2S. The van der Waals surface area contributed by atoms with E-state index in [9.17, 15) is 4.79 Å². The lowest BCUT2D eigenvalue weighted by molar-refractivity contribution is 0.424. The van der Waals surface area contributed by atoms with Crippen molar-refractivity contribution in [1.82, 2.24) is 24.9 Å². The first kappa shape index (κ1) is 18.2. The van der Waals surface area contributed by atoms with Crippen molar-refractivity contribution in [3.8, 4) is 22.7 Å². The minimum absolute atomic E-state index is 0.0252. The third-order valence-electron chi connectivity index (χ3n) is 4.40. The molecule has 8 heteroatoms. The Balaban J connectivity index is 1.55. The zero-order chi connectivity index (χ0) is 19.7. The van der Waals surface area contributed by atoms with Crippen LogP contribution in [-0.4, -0.2) is 24.9 Å². The SMILES string of the molecule is Cc1cccc(-c2cc(C(C)Sc3nnc(-c4cc[nH]c(=O)c4)n3C)no2)c1. The molecule has 1 atom stereocenters. The van der Waals surface area contributed by atoms with Crippen molar-refractivity contribution in [3.63, 3.8) is 0 Å². The Labute approximate surface area is 165 Å². The Kier molecular flexibility index (Phi) is 4.87. The van der Waals surface area contributed by atoms with Gasteiger partial charge in [0.2, 0.25) is 5.56 Å². The monoisotopic (exact) mass is 393 g/mol. The summed E-state index contributed by atoms with van der Waals surface area (Å²) in [6, 6.07) is 13.4. The van der Waals surface area contributed by atoms with E-state index in [-0.39, 0.29) is 10.8 Å². The standard InChI is InChI=1S/C20H19N5O2S/c1-12-5-4-6-14(9-12)17-11-16(24-27-17)13(2)28-20-23-22-19(25(20)3)15-7-8-21-18(26)10-15/h4-11,13H,1-3H3,(H,21,26). The molecule has 0 bridgehead atoms. The molecule has 0 aliphatic heterocycles. The fourth-order valence-electron chi connectivity index (χ4n) is 2.89. The summed E-state index contributed by atoms with van der Waals surface area (Å²) in [5.41, 5.74) is 3.56. The Morgan fingerprint density at radius 3 is 2.79 bits per heavy atom. The summed E-state index contributed by atoms with van der Waals surface area (Å²) in [5, 5.41) is 13.5. The molecule has 3 heterocycles. The number of nitrogens with zero attached hydrogens (tertiary/aromatic N) is 4. The van der Waals surface area contributed by atoms with Crippen molar-refractivity contribution in [2.45, 2.75) is 24.3 Å². The van der Waals surface area contributed by atoms with Crippen LogP contribution < -0.4 is 5.56 Å². The first-order chi connectivity index (χ1) is 13.5. The fraction of sp³-hybridized carbons (Fsp3) is 0.200. The second kappa shape index (κ2) is 7.47. The quantitative estimate of drug-likeness (QED) is 0.516. The van der Waals surface area contributed by atoms with E-state index in [0.29, 0.717) is 5.82 Å². The van der Waals surface area contributed by atoms with E-state index in [4.69, 9.17) is 4.52 Å². The molecule has 142 valence electrons. The highest BCUT2D eigenvalue weighted by molar-refractivity contribution is 7.99. The minimum Gasteiger partial charge on any atom is -0.356 e. The summed E-state index contributed by atoms with van der Waals surface area (Å²) in [4.78, 5) is 14.2. The maximum Gasteiger partial charge on any atom is 0.248 e. The van der Waals surface area contributed by atoms with Gasteiger partial charge in [0.15, 0.2) is 16.7 Å². The Morgan fingerprint density at radius 1 is 1.14 bits per heavy atom. The molecule has 28 heavy (non-hydrogen) atoms. The van der Waals surface area contributed by atoms with Crippen LogP contribution >= 0.6 is 11.8 Å². The average molecular weight is 393 g/mol. The van der Waals surface area contributed by atoms with Crippen LogP contribution in [0.1, 0.15) is 23.4 Å². The number of H-pyrrole nitrogens is 1. The average Bonchev–Trinajstić information content (AvgIpc) is 3.30. The highest BCUT2D eigenvalue weighted by atomic mass is 32.2. The molecule has 3 aromatic heterocycles. The van der Waals surface area contributed by atoms with Crippen molar-refractivity contribution >= 4 is 11.8 Å². The first-order valence-corrected chi connectivity index (χ1v) is 9.68. The van der Waals surface area contributed by atoms with Gasteiger partial charge >= 0.3 is 0 Å². The second-order valence-corrected chi connectivity index (χ2v) is 7.86. The molecule has 0 aliphatic rings. The summed E-state index contributed by atoms with van der Waals surface area (Å²) in [5.74, 6) is 1.38. The molecule has 0 spiro atoms. The van der Waals surface area contributed by atoms with Gasteiger partial charge < -0.3 is 14.1 Å². The van der Waals surface area contributed by atoms with Gasteiger partial charge in [0, 0.05) is 36.5 Å². The van der Waals surface area contributed by atoms with Gasteiger partial charge in [-0.05, 0) is 26.0 Å². The predicted molar refractivity (Wildman–Crippen MR) is 108 cm³/mol. The molecule has 1 unspecified atom stereocenters. The van der Waals surface area contributed by atoms with Gasteiger partial charge in [0.25, 0.3) is 0 Å². The minimum atomic E-state index is -0.172. The molecule has 0 fully saturated rings. The van der Waals surface area contributed by atoms with E-state index in [1.54, 1.807) is 12.3 Å². The molecule has 1 aromatic carbocycles. The van der Waals surface area contributed by atoms with Crippen molar-refractivity contribution < 1.29 is 4.52 Å². The number of aryl methyl sites for hydroxylation is 1. The third kappa shape index (κ3) is 3.63. The van der Waals surface area contributed by atoms with Crippen molar-refractivity contribution in [2.75, 3.05) is 0 Å². The summed E-state index contributed by atoms with van der Waals surface area (Å²) in [7, 11) is 1.88. The molecule has 1 N–H and O–H groups in total. The molecule has 0 saturated carbocycles. The van der Waals surface area contributed by atoms with E-state index < -0.39 is 0 Å². The van der Waals surface area contributed by atoms with Crippen molar-refractivity contribution in [1.29, 1.82) is 0 Å². The van der Waals surface area contributed by atoms with Crippen molar-refractivity contribution in [3.05, 3.63) is 70.3 Å². The van der Waals surface area contributed by atoms with E-state index in [1.165, 1.54) is 23.4 Å². The summed E-state index contributed by atoms with van der Waals surface area (Å²) in [6.45, 7) is 4.09. The van der Waals surface area contributed by atoms with Gasteiger partial charge in [0.05, 0.1) is 10.9 Å². The van der Waals surface area contributed by atoms with Crippen molar-refractivity contribution in [2.24, 2.45) is 7.05 Å². The number of nitrogens with one attached hydrogen (secondary N) is 1. The molecule has 4 rings (SSSR count). The number of hydrogen-bond acceptors (Lipinski definition) is 6. The van der Waals surface area contributed by atoms with Gasteiger partial charge in [-0.1, -0.05) is 40.7 Å². The van der Waals surface area contributed by atoms with E-state index in [2.05, 4.69) is 26.4 Å². The number of benzene rings is 1. The lowest BCUT2D eigenvalue weighted by Crippen LogP contribution is -2.04. The highest BCUT2D eigenvalue weighted by Gasteiger charge is 2.19. The highest BCUT2D eigenvalue weighted by Crippen LogP contribution is 2.35. The van der Waals surface area contributed by atoms with Gasteiger partial charge in [-0.25, -0.2) is 0 Å². The van der Waals surface area contributed by atoms with Gasteiger partial charge in [-0.3, -0.25) is 4.79 Å². The maximum absolute atomic E-state index is 11.5. The molecule has 7 nitrogen and oxygen atoms in total. The predicted octanol–water partition coefficient (Wildman–Crippen LogP) is 3.99. The summed E-state index contributed by atoms with van der Waals surface area (Å²) >= 11 is 1.54. The number of rotatable bonds is 5. The smallest absolute Gasteiger partial charge is 0.248 e. The number of pyridine rings is 1. The Hall–Kier alpha value is -3.13. The van der Waals surface area contributed by atoms with Crippen LogP contribution in [0.2, 0.25) is 0 Å². The van der Waals surface area contributed by atoms with Crippen LogP contribution in [0.15, 0.2) is 63.1 Å². The number of aromatic nitrogens is 5. The van der Waals surface area contributed by atoms with Gasteiger partial charge in [-0.15, -0.1) is 10.2 Å². The molecule has 0 aliphatic carbocycles. The van der Waals surface area contributed by atoms with Crippen LogP contribution in [0.3, 0.4) is 0 Å². The lowest BCUT2D eigenvalue weighted by Gasteiger charge is -2.07. The van der Waals surface area contributed by atoms with E-state index in [1.807, 2.05) is 49.7 Å². The zero-order valence-electron chi connectivity index (χ0n) is 15.7. The molecule has 0 amide bonds. The van der Waals surface area contributed by atoms with Crippen LogP contribution in [0.4, 0.5) is 0 Å². The maximum atomic E-state index is 11.5. The topological polar surface area (TPSA) is 89.6 Å². The van der Waals surface area contributed by atoms with Crippen LogP contribution in [0.5, 0.6) is 0 Å². The second-order valence-electron chi connectivity index (χ2n) is 6.55. The third-order valence-corrected chi connectivity index (χ3v) is 5.56. The fourth-order valence-corrected chi connectivity index (χ4v) is 3.77. The van der Waals surface area contributed by atoms with Crippen LogP contribution in [-0.2, 0) is 7.05 Å². The largest absolute Gasteiger partial charge is 0.356 e. The Bertz CT molecular complexity index is 1180. The summed E-state index contributed by atoms with van der Waals surface area (Å²) in [6.07, 6.45) is 1.60. The molecule has 0 saturated heterocycles. The molecule has 4 aromatic rings. The zero-order valence-corrected chi connectivity index (χ0v) is 16.5. The van der Waals surface area contributed by atoms with Crippen LogP contribution in [0.25, 0.3) is 22.7 Å². The Morgan fingerprint density at radius 2 is 2.00 bits per heavy atom. The molecular weight excluding hydrogens is 374 g/mol. The number of aromatic amines is 1. The van der Waals surface area contributed by atoms with Crippen LogP contribution in [0, 0.1) is 6.92 Å². The van der Waals surface area contributed by atoms with Gasteiger partial charge in [-0.2, -0.15) is 0 Å². The number of thioether (sulfide) groups is 1. The summed E-state index contributed by atoms with van der Waals surface area (Å²) < 4.78 is 7.41. The normalized spacial score (nSPS) is 12.2.